The quantitative estimate of drug-likeness (QED) is 0.853. The van der Waals surface area contributed by atoms with Crippen LogP contribution in [0.2, 0.25) is 0 Å². The van der Waals surface area contributed by atoms with E-state index in [0.717, 1.165) is 23.5 Å². The molecule has 0 aliphatic heterocycles. The molecule has 23 heavy (non-hydrogen) atoms. The van der Waals surface area contributed by atoms with Crippen LogP contribution in [-0.4, -0.2) is 20.1 Å². The Morgan fingerprint density at radius 2 is 1.78 bits per heavy atom. The van der Waals surface area contributed by atoms with Gasteiger partial charge in [0.1, 0.15) is 11.5 Å². The van der Waals surface area contributed by atoms with E-state index in [1.807, 2.05) is 18.2 Å². The normalized spacial score (nSPS) is 10.2. The van der Waals surface area contributed by atoms with Gasteiger partial charge >= 0.3 is 0 Å². The minimum absolute atomic E-state index is 0.0236. The van der Waals surface area contributed by atoms with Crippen LogP contribution in [0.3, 0.4) is 0 Å². The number of amides is 1. The molecule has 0 unspecified atom stereocenters. The molecule has 0 saturated heterocycles. The topological polar surface area (TPSA) is 47.6 Å². The zero-order valence-corrected chi connectivity index (χ0v) is 13.9. The summed E-state index contributed by atoms with van der Waals surface area (Å²) in [5.41, 5.74) is 3.29. The van der Waals surface area contributed by atoms with Crippen molar-refractivity contribution in [1.29, 1.82) is 0 Å². The van der Waals surface area contributed by atoms with Crippen LogP contribution in [0.25, 0.3) is 0 Å². The summed E-state index contributed by atoms with van der Waals surface area (Å²) in [6, 6.07) is 13.8. The molecular weight excluding hydrogens is 290 g/mol. The third-order valence-corrected chi connectivity index (χ3v) is 3.72. The number of nitrogens with one attached hydrogen (secondary N) is 1. The number of carbonyl (C=O) groups excluding carboxylic acids is 1. The van der Waals surface area contributed by atoms with Crippen LogP contribution in [0.4, 0.5) is 0 Å². The minimum Gasteiger partial charge on any atom is -0.497 e. The number of hydrogen-bond acceptors (Lipinski definition) is 3. The Labute approximate surface area is 137 Å². The summed E-state index contributed by atoms with van der Waals surface area (Å²) in [4.78, 5) is 12.0. The van der Waals surface area contributed by atoms with E-state index in [4.69, 9.17) is 9.47 Å². The Morgan fingerprint density at radius 3 is 2.43 bits per heavy atom. The molecule has 0 atom stereocenters. The van der Waals surface area contributed by atoms with Crippen LogP contribution < -0.4 is 14.8 Å². The highest BCUT2D eigenvalue weighted by Crippen LogP contribution is 2.23. The molecule has 0 aliphatic rings. The number of carbonyl (C=O) groups is 1. The summed E-state index contributed by atoms with van der Waals surface area (Å²) < 4.78 is 10.5. The highest BCUT2D eigenvalue weighted by atomic mass is 16.5. The van der Waals surface area contributed by atoms with E-state index in [1.165, 1.54) is 11.1 Å². The highest BCUT2D eigenvalue weighted by Gasteiger charge is 2.07. The van der Waals surface area contributed by atoms with Gasteiger partial charge in [0.25, 0.3) is 0 Å². The summed E-state index contributed by atoms with van der Waals surface area (Å²) in [6.07, 6.45) is 1.21. The predicted octanol–water partition coefficient (Wildman–Crippen LogP) is 3.26. The molecule has 4 nitrogen and oxygen atoms in total. The number of rotatable bonds is 7. The van der Waals surface area contributed by atoms with Gasteiger partial charge < -0.3 is 14.8 Å². The fraction of sp³-hybridized carbons (Fsp3) is 0.316. The van der Waals surface area contributed by atoms with Crippen molar-refractivity contribution in [2.24, 2.45) is 0 Å². The van der Waals surface area contributed by atoms with Gasteiger partial charge in [-0.05, 0) is 37.1 Å². The molecule has 0 spiro atoms. The molecule has 2 rings (SSSR count). The van der Waals surface area contributed by atoms with Gasteiger partial charge in [-0.3, -0.25) is 4.79 Å². The predicted molar refractivity (Wildman–Crippen MR) is 90.9 cm³/mol. The lowest BCUT2D eigenvalue weighted by atomic mass is 10.1. The summed E-state index contributed by atoms with van der Waals surface area (Å²) in [5, 5.41) is 2.93. The summed E-state index contributed by atoms with van der Waals surface area (Å²) in [7, 11) is 3.23. The first-order valence-electron chi connectivity index (χ1n) is 7.65. The number of aryl methyl sites for hydroxylation is 2. The lowest BCUT2D eigenvalue weighted by Crippen LogP contribution is -2.23. The SMILES string of the molecule is COc1ccc(OC)c(CNC(=O)CCc2ccc(C)cc2)c1. The monoisotopic (exact) mass is 313 g/mol. The van der Waals surface area contributed by atoms with E-state index < -0.39 is 0 Å². The van der Waals surface area contributed by atoms with Gasteiger partial charge in [-0.2, -0.15) is 0 Å². The van der Waals surface area contributed by atoms with Crippen LogP contribution in [-0.2, 0) is 17.8 Å². The van der Waals surface area contributed by atoms with Crippen LogP contribution in [0.5, 0.6) is 11.5 Å². The van der Waals surface area contributed by atoms with E-state index in [0.29, 0.717) is 13.0 Å². The van der Waals surface area contributed by atoms with Crippen molar-refractivity contribution >= 4 is 5.91 Å². The molecule has 1 N–H and O–H groups in total. The average Bonchev–Trinajstić information content (AvgIpc) is 2.59. The Morgan fingerprint density at radius 1 is 1.04 bits per heavy atom. The number of methoxy groups -OCH3 is 2. The fourth-order valence-corrected chi connectivity index (χ4v) is 2.31. The van der Waals surface area contributed by atoms with E-state index in [2.05, 4.69) is 36.5 Å². The van der Waals surface area contributed by atoms with Crippen LogP contribution >= 0.6 is 0 Å². The molecular formula is C19H23NO3. The standard InChI is InChI=1S/C19H23NO3/c1-14-4-6-15(7-5-14)8-11-19(21)20-13-16-12-17(22-2)9-10-18(16)23-3/h4-7,9-10,12H,8,11,13H2,1-3H3,(H,20,21). The molecule has 0 aliphatic carbocycles. The largest absolute Gasteiger partial charge is 0.497 e. The second-order valence-electron chi connectivity index (χ2n) is 5.44. The van der Waals surface area contributed by atoms with Gasteiger partial charge in [-0.15, -0.1) is 0 Å². The Hall–Kier alpha value is -2.49. The first-order valence-corrected chi connectivity index (χ1v) is 7.65. The van der Waals surface area contributed by atoms with Crippen molar-refractivity contribution in [1.82, 2.24) is 5.32 Å². The highest BCUT2D eigenvalue weighted by molar-refractivity contribution is 5.76. The third kappa shape index (κ3) is 5.02. The molecule has 0 heterocycles. The molecule has 0 fully saturated rings. The first-order chi connectivity index (χ1) is 11.1. The lowest BCUT2D eigenvalue weighted by molar-refractivity contribution is -0.121. The van der Waals surface area contributed by atoms with Crippen LogP contribution in [0.1, 0.15) is 23.1 Å². The van der Waals surface area contributed by atoms with Gasteiger partial charge in [-0.25, -0.2) is 0 Å². The third-order valence-electron chi connectivity index (χ3n) is 3.72. The fourth-order valence-electron chi connectivity index (χ4n) is 2.31. The van der Waals surface area contributed by atoms with Crippen molar-refractivity contribution in [3.05, 3.63) is 59.2 Å². The Kier molecular flexibility index (Phi) is 6.03. The molecule has 4 heteroatoms. The van der Waals surface area contributed by atoms with Crippen molar-refractivity contribution < 1.29 is 14.3 Å². The van der Waals surface area contributed by atoms with Gasteiger partial charge in [0.05, 0.1) is 14.2 Å². The van der Waals surface area contributed by atoms with Crippen molar-refractivity contribution in [2.75, 3.05) is 14.2 Å². The zero-order chi connectivity index (χ0) is 16.7. The van der Waals surface area contributed by atoms with E-state index in [9.17, 15) is 4.79 Å². The van der Waals surface area contributed by atoms with E-state index >= 15 is 0 Å². The summed E-state index contributed by atoms with van der Waals surface area (Å²) in [6.45, 7) is 2.48. The number of ether oxygens (including phenoxy) is 2. The Balaban J connectivity index is 1.87. The summed E-state index contributed by atoms with van der Waals surface area (Å²) >= 11 is 0. The molecule has 122 valence electrons. The Bertz CT molecular complexity index is 650. The van der Waals surface area contributed by atoms with Crippen molar-refractivity contribution in [3.63, 3.8) is 0 Å². The number of hydrogen-bond donors (Lipinski definition) is 1. The number of benzene rings is 2. The lowest BCUT2D eigenvalue weighted by Gasteiger charge is -2.11. The molecule has 0 saturated carbocycles. The summed E-state index contributed by atoms with van der Waals surface area (Å²) in [5.74, 6) is 1.51. The second kappa shape index (κ2) is 8.22. The van der Waals surface area contributed by atoms with Crippen LogP contribution in [0, 0.1) is 6.92 Å². The molecule has 0 aromatic heterocycles. The van der Waals surface area contributed by atoms with Crippen molar-refractivity contribution in [3.8, 4) is 11.5 Å². The molecule has 1 amide bonds. The zero-order valence-electron chi connectivity index (χ0n) is 13.9. The maximum atomic E-state index is 12.0. The van der Waals surface area contributed by atoms with Gasteiger partial charge in [0, 0.05) is 18.5 Å². The van der Waals surface area contributed by atoms with Gasteiger partial charge in [0.15, 0.2) is 0 Å². The van der Waals surface area contributed by atoms with E-state index in [1.54, 1.807) is 14.2 Å². The van der Waals surface area contributed by atoms with Crippen LogP contribution in [0.15, 0.2) is 42.5 Å². The van der Waals surface area contributed by atoms with Gasteiger partial charge in [-0.1, -0.05) is 29.8 Å². The first kappa shape index (κ1) is 16.9. The minimum atomic E-state index is 0.0236. The molecule has 2 aromatic carbocycles. The maximum Gasteiger partial charge on any atom is 0.220 e. The molecule has 2 aromatic rings. The van der Waals surface area contributed by atoms with Gasteiger partial charge in [0.2, 0.25) is 5.91 Å². The average molecular weight is 313 g/mol. The molecule has 0 bridgehead atoms. The molecule has 0 radical (unpaired) electrons. The maximum absolute atomic E-state index is 12.0. The van der Waals surface area contributed by atoms with Crippen molar-refractivity contribution in [2.45, 2.75) is 26.3 Å². The second-order valence-corrected chi connectivity index (χ2v) is 5.44. The smallest absolute Gasteiger partial charge is 0.220 e. The van der Waals surface area contributed by atoms with E-state index in [-0.39, 0.29) is 5.91 Å².